The number of rotatable bonds is 8. The van der Waals surface area contributed by atoms with Crippen LogP contribution < -0.4 is 5.73 Å². The zero-order chi connectivity index (χ0) is 11.7. The molecule has 0 bridgehead atoms. The normalized spacial score (nSPS) is 14.7. The molecule has 0 fully saturated rings. The van der Waals surface area contributed by atoms with E-state index in [2.05, 4.69) is 6.92 Å². The van der Waals surface area contributed by atoms with Gasteiger partial charge in [-0.1, -0.05) is 39.5 Å². The Hall–Kier alpha value is -0.570. The second-order valence-electron chi connectivity index (χ2n) is 4.32. The fraction of sp³-hybridized carbons (Fsp3) is 0.917. The molecule has 2 N–H and O–H groups in total. The van der Waals surface area contributed by atoms with Gasteiger partial charge in [0.15, 0.2) is 0 Å². The summed E-state index contributed by atoms with van der Waals surface area (Å²) >= 11 is 0. The first-order chi connectivity index (χ1) is 7.04. The molecule has 3 heteroatoms. The van der Waals surface area contributed by atoms with E-state index in [1.807, 2.05) is 6.92 Å². The number of carbonyl (C=O) groups is 1. The van der Waals surface area contributed by atoms with Crippen LogP contribution >= 0.6 is 0 Å². The third kappa shape index (κ3) is 6.50. The van der Waals surface area contributed by atoms with Crippen LogP contribution in [0.4, 0.5) is 0 Å². The van der Waals surface area contributed by atoms with E-state index in [0.717, 1.165) is 12.8 Å². The molecule has 0 rings (SSSR count). The van der Waals surface area contributed by atoms with E-state index in [1.54, 1.807) is 6.92 Å². The zero-order valence-electron chi connectivity index (χ0n) is 10.3. The Labute approximate surface area is 93.4 Å². The quantitative estimate of drug-likeness (QED) is 0.500. The molecule has 0 amide bonds. The number of nitrogens with two attached hydrogens (primary N) is 1. The van der Waals surface area contributed by atoms with E-state index in [1.165, 1.54) is 19.3 Å². The van der Waals surface area contributed by atoms with Crippen molar-refractivity contribution in [1.82, 2.24) is 0 Å². The lowest BCUT2D eigenvalue weighted by molar-refractivity contribution is -0.149. The van der Waals surface area contributed by atoms with Crippen molar-refractivity contribution in [2.75, 3.05) is 6.61 Å². The van der Waals surface area contributed by atoms with Gasteiger partial charge in [-0.25, -0.2) is 0 Å². The van der Waals surface area contributed by atoms with E-state index in [9.17, 15) is 4.79 Å². The van der Waals surface area contributed by atoms with Crippen molar-refractivity contribution in [2.45, 2.75) is 64.8 Å². The van der Waals surface area contributed by atoms with Crippen molar-refractivity contribution in [1.29, 1.82) is 0 Å². The molecule has 0 aliphatic carbocycles. The predicted molar refractivity (Wildman–Crippen MR) is 62.6 cm³/mol. The summed E-state index contributed by atoms with van der Waals surface area (Å²) in [4.78, 5) is 11.4. The Morgan fingerprint density at radius 2 is 1.80 bits per heavy atom. The molecule has 0 saturated carbocycles. The van der Waals surface area contributed by atoms with Crippen molar-refractivity contribution < 1.29 is 9.53 Å². The van der Waals surface area contributed by atoms with Gasteiger partial charge in [-0.15, -0.1) is 0 Å². The van der Waals surface area contributed by atoms with Crippen LogP contribution in [0.2, 0.25) is 0 Å². The van der Waals surface area contributed by atoms with Crippen molar-refractivity contribution >= 4 is 5.97 Å². The number of unbranched alkanes of at least 4 members (excludes halogenated alkanes) is 4. The number of hydrogen-bond acceptors (Lipinski definition) is 3. The maximum absolute atomic E-state index is 11.4. The lowest BCUT2D eigenvalue weighted by atomic mass is 10.0. The van der Waals surface area contributed by atoms with Gasteiger partial charge in [0.05, 0.1) is 6.61 Å². The molecule has 3 nitrogen and oxygen atoms in total. The SMILES string of the molecule is CCCCCCCOC(=O)C(C)(N)CC. The summed E-state index contributed by atoms with van der Waals surface area (Å²) < 4.78 is 5.11. The highest BCUT2D eigenvalue weighted by Crippen LogP contribution is 2.08. The highest BCUT2D eigenvalue weighted by Gasteiger charge is 2.27. The monoisotopic (exact) mass is 215 g/mol. The van der Waals surface area contributed by atoms with E-state index in [4.69, 9.17) is 10.5 Å². The third-order valence-corrected chi connectivity index (χ3v) is 2.68. The summed E-state index contributed by atoms with van der Waals surface area (Å²) in [5.41, 5.74) is 4.93. The van der Waals surface area contributed by atoms with Gasteiger partial charge in [-0.05, 0) is 19.8 Å². The van der Waals surface area contributed by atoms with Gasteiger partial charge in [0, 0.05) is 0 Å². The van der Waals surface area contributed by atoms with Crippen LogP contribution in [0, 0.1) is 0 Å². The van der Waals surface area contributed by atoms with Gasteiger partial charge >= 0.3 is 5.97 Å². The molecule has 0 aromatic rings. The highest BCUT2D eigenvalue weighted by atomic mass is 16.5. The van der Waals surface area contributed by atoms with Gasteiger partial charge in [0.25, 0.3) is 0 Å². The second kappa shape index (κ2) is 7.69. The zero-order valence-corrected chi connectivity index (χ0v) is 10.3. The van der Waals surface area contributed by atoms with Gasteiger partial charge in [0.2, 0.25) is 0 Å². The van der Waals surface area contributed by atoms with Crippen LogP contribution in [0.25, 0.3) is 0 Å². The smallest absolute Gasteiger partial charge is 0.325 e. The Bertz CT molecular complexity index is 178. The maximum Gasteiger partial charge on any atom is 0.325 e. The largest absolute Gasteiger partial charge is 0.464 e. The number of carbonyl (C=O) groups excluding carboxylic acids is 1. The third-order valence-electron chi connectivity index (χ3n) is 2.68. The average molecular weight is 215 g/mol. The van der Waals surface area contributed by atoms with Crippen LogP contribution in [0.5, 0.6) is 0 Å². The molecule has 90 valence electrons. The Morgan fingerprint density at radius 3 is 2.33 bits per heavy atom. The summed E-state index contributed by atoms with van der Waals surface area (Å²) in [5, 5.41) is 0. The van der Waals surface area contributed by atoms with Crippen molar-refractivity contribution in [3.8, 4) is 0 Å². The molecule has 1 atom stereocenters. The Kier molecular flexibility index (Phi) is 7.39. The molecule has 0 aromatic heterocycles. The van der Waals surface area contributed by atoms with Crippen LogP contribution in [0.3, 0.4) is 0 Å². The molecule has 1 unspecified atom stereocenters. The van der Waals surface area contributed by atoms with Gasteiger partial charge in [-0.2, -0.15) is 0 Å². The fourth-order valence-corrected chi connectivity index (χ4v) is 1.18. The molecule has 15 heavy (non-hydrogen) atoms. The average Bonchev–Trinajstić information content (AvgIpc) is 2.22. The lowest BCUT2D eigenvalue weighted by Crippen LogP contribution is -2.45. The lowest BCUT2D eigenvalue weighted by Gasteiger charge is -2.20. The topological polar surface area (TPSA) is 52.3 Å². The van der Waals surface area contributed by atoms with Crippen LogP contribution in [0.15, 0.2) is 0 Å². The fourth-order valence-electron chi connectivity index (χ4n) is 1.18. The Morgan fingerprint density at radius 1 is 1.20 bits per heavy atom. The Balaban J connectivity index is 3.47. The first-order valence-corrected chi connectivity index (χ1v) is 6.00. The number of esters is 1. The minimum absolute atomic E-state index is 0.277. The molecular formula is C12H25NO2. The van der Waals surface area contributed by atoms with Crippen LogP contribution in [0.1, 0.15) is 59.3 Å². The summed E-state index contributed by atoms with van der Waals surface area (Å²) in [6, 6.07) is 0. The molecule has 0 aliphatic heterocycles. The van der Waals surface area contributed by atoms with Crippen molar-refractivity contribution in [3.05, 3.63) is 0 Å². The van der Waals surface area contributed by atoms with Gasteiger partial charge < -0.3 is 10.5 Å². The first kappa shape index (κ1) is 14.4. The molecule has 0 aliphatic rings. The van der Waals surface area contributed by atoms with E-state index in [0.29, 0.717) is 13.0 Å². The van der Waals surface area contributed by atoms with E-state index >= 15 is 0 Å². The number of ether oxygens (including phenoxy) is 1. The molecule has 0 saturated heterocycles. The summed E-state index contributed by atoms with van der Waals surface area (Å²) in [6.07, 6.45) is 6.41. The molecule has 0 aromatic carbocycles. The first-order valence-electron chi connectivity index (χ1n) is 6.00. The summed E-state index contributed by atoms with van der Waals surface area (Å²) in [7, 11) is 0. The van der Waals surface area contributed by atoms with Crippen molar-refractivity contribution in [3.63, 3.8) is 0 Å². The van der Waals surface area contributed by atoms with Gasteiger partial charge in [0.1, 0.15) is 5.54 Å². The second-order valence-corrected chi connectivity index (χ2v) is 4.32. The summed E-state index contributed by atoms with van der Waals surface area (Å²) in [6.45, 7) is 6.30. The number of hydrogen-bond donors (Lipinski definition) is 1. The molecule has 0 heterocycles. The standard InChI is InChI=1S/C12H25NO2/c1-4-6-7-8-9-10-15-11(14)12(3,13)5-2/h4-10,13H2,1-3H3. The molecule has 0 radical (unpaired) electrons. The molecular weight excluding hydrogens is 190 g/mol. The minimum Gasteiger partial charge on any atom is -0.464 e. The van der Waals surface area contributed by atoms with Crippen LogP contribution in [-0.2, 0) is 9.53 Å². The molecule has 0 spiro atoms. The highest BCUT2D eigenvalue weighted by molar-refractivity contribution is 5.79. The minimum atomic E-state index is -0.816. The predicted octanol–water partition coefficient (Wildman–Crippen LogP) is 2.63. The maximum atomic E-state index is 11.4. The van der Waals surface area contributed by atoms with E-state index < -0.39 is 5.54 Å². The summed E-state index contributed by atoms with van der Waals surface area (Å²) in [5.74, 6) is -0.277. The van der Waals surface area contributed by atoms with E-state index in [-0.39, 0.29) is 5.97 Å². The van der Waals surface area contributed by atoms with Gasteiger partial charge in [-0.3, -0.25) is 4.79 Å². The van der Waals surface area contributed by atoms with Crippen LogP contribution in [-0.4, -0.2) is 18.1 Å². The van der Waals surface area contributed by atoms with Crippen molar-refractivity contribution in [2.24, 2.45) is 5.73 Å².